The standard InChI is InChI=1S/C78H108N4O10S2/c1-49(2)35-67(81-93(87,88)65-27-23-51(5)24-28-65)73(85)79-31-19-21-33-91-71-57-37-53-41-61(75(7,8)9)43-55(69(53)83)39-59-47-64(78(16,17)18)48-60(40-56-44-62(76(10,11)12)42-54(70(56)84)38-58(71)46-63(45-57)77(13,14)15)72(59)92-34-22-20-32-80-74(86)68(36-50(3)4)82-94(89,90)66-29-25-52(6)26-30-66/h23-30,41-50,67-68,81-84H,19-22,31-40H2,1-18H3,(H,79,85)(H,80,86)/t67-,68-/m0/s1. The Labute approximate surface area is 563 Å². The van der Waals surface area contributed by atoms with Crippen molar-refractivity contribution >= 4 is 31.9 Å². The number of sulfonamides is 2. The van der Waals surface area contributed by atoms with Crippen LogP contribution in [0.1, 0.15) is 227 Å². The highest BCUT2D eigenvalue weighted by Gasteiger charge is 2.32. The second-order valence-electron chi connectivity index (χ2n) is 31.2. The number of hydrogen-bond acceptors (Lipinski definition) is 10. The molecule has 8 bridgehead atoms. The summed E-state index contributed by atoms with van der Waals surface area (Å²) in [6.45, 7) is 39.0. The van der Waals surface area contributed by atoms with Gasteiger partial charge in [0.1, 0.15) is 35.1 Å². The van der Waals surface area contributed by atoms with Crippen molar-refractivity contribution in [3.8, 4) is 23.0 Å². The lowest BCUT2D eigenvalue weighted by Crippen LogP contribution is -2.47. The van der Waals surface area contributed by atoms with Crippen LogP contribution in [0, 0.1) is 25.7 Å². The van der Waals surface area contributed by atoms with E-state index in [0.29, 0.717) is 102 Å². The maximum absolute atomic E-state index is 13.8. The molecule has 1 aliphatic rings. The molecule has 0 aromatic heterocycles. The van der Waals surface area contributed by atoms with E-state index in [2.05, 4.69) is 152 Å². The number of nitrogens with one attached hydrogen (secondary N) is 4. The van der Waals surface area contributed by atoms with Gasteiger partial charge < -0.3 is 30.3 Å². The van der Waals surface area contributed by atoms with E-state index >= 15 is 0 Å². The molecule has 0 heterocycles. The molecule has 14 nitrogen and oxygen atoms in total. The zero-order valence-electron chi connectivity index (χ0n) is 59.4. The Morgan fingerprint density at radius 3 is 0.926 bits per heavy atom. The molecule has 0 spiro atoms. The van der Waals surface area contributed by atoms with E-state index in [1.807, 2.05) is 41.5 Å². The molecule has 512 valence electrons. The summed E-state index contributed by atoms with van der Waals surface area (Å²) in [7, 11) is -7.93. The summed E-state index contributed by atoms with van der Waals surface area (Å²) in [5.74, 6) is 1.01. The van der Waals surface area contributed by atoms with Gasteiger partial charge in [-0.3, -0.25) is 9.59 Å². The number of rotatable bonds is 24. The molecule has 1 aliphatic carbocycles. The predicted octanol–water partition coefficient (Wildman–Crippen LogP) is 14.9. The fourth-order valence-corrected chi connectivity index (χ4v) is 14.2. The van der Waals surface area contributed by atoms with Gasteiger partial charge in [-0.1, -0.05) is 195 Å². The highest BCUT2D eigenvalue weighted by atomic mass is 32.2. The summed E-state index contributed by atoms with van der Waals surface area (Å²) in [6, 6.07) is 28.5. The Balaban J connectivity index is 1.24. The summed E-state index contributed by atoms with van der Waals surface area (Å²) >= 11 is 0. The number of fused-ring (bicyclic) bond motifs is 8. The average Bonchev–Trinajstić information content (AvgIpc) is 0.777. The summed E-state index contributed by atoms with van der Waals surface area (Å²) in [5.41, 5.74) is 11.4. The normalized spacial score (nSPS) is 14.0. The number of aromatic hydroxyl groups is 2. The fraction of sp³-hybridized carbons (Fsp3) is 0.513. The first-order chi connectivity index (χ1) is 43.7. The third-order valence-corrected chi connectivity index (χ3v) is 20.5. The number of carbonyl (C=O) groups is 2. The maximum Gasteiger partial charge on any atom is 0.241 e. The van der Waals surface area contributed by atoms with E-state index in [4.69, 9.17) is 9.47 Å². The molecule has 0 aliphatic heterocycles. The van der Waals surface area contributed by atoms with Gasteiger partial charge in [-0.2, -0.15) is 9.44 Å². The van der Waals surface area contributed by atoms with Gasteiger partial charge in [0.2, 0.25) is 31.9 Å². The predicted molar refractivity (Wildman–Crippen MR) is 380 cm³/mol. The first-order valence-electron chi connectivity index (χ1n) is 33.7. The lowest BCUT2D eigenvalue weighted by atomic mass is 9.79. The topological polar surface area (TPSA) is 209 Å². The zero-order chi connectivity index (χ0) is 69.5. The van der Waals surface area contributed by atoms with Gasteiger partial charge in [-0.25, -0.2) is 16.8 Å². The quantitative estimate of drug-likeness (QED) is 0.0315. The SMILES string of the molecule is Cc1ccc(S(=O)(=O)N[C@@H](CC(C)C)C(=O)NCCCCOc2c3cc(C(C)(C)C)cc2Cc2cc(C(C)(C)C)cc(c2O)Cc2cc(C(C)(C)C)cc(c2OCCCCNC(=O)[C@H](CC(C)C)NS(=O)(=O)c2ccc(C)cc2)Cc2cc(C(C)(C)C)cc(c2O)C3)cc1. The first kappa shape index (κ1) is 74.7. The van der Waals surface area contributed by atoms with E-state index in [9.17, 15) is 36.6 Å². The Hall–Kier alpha value is -6.72. The van der Waals surface area contributed by atoms with Gasteiger partial charge >= 0.3 is 0 Å². The van der Waals surface area contributed by atoms with Crippen LogP contribution in [0.2, 0.25) is 0 Å². The monoisotopic (exact) mass is 1320 g/mol. The number of benzene rings is 6. The van der Waals surface area contributed by atoms with Gasteiger partial charge in [0.25, 0.3) is 0 Å². The molecule has 6 aromatic carbocycles. The zero-order valence-corrected chi connectivity index (χ0v) is 61.1. The van der Waals surface area contributed by atoms with Crippen LogP contribution < -0.4 is 29.6 Å². The van der Waals surface area contributed by atoms with Gasteiger partial charge in [-0.05, 0) is 177 Å². The van der Waals surface area contributed by atoms with Crippen LogP contribution in [0.5, 0.6) is 23.0 Å². The van der Waals surface area contributed by atoms with Gasteiger partial charge in [0, 0.05) is 38.8 Å². The van der Waals surface area contributed by atoms with Crippen molar-refractivity contribution < 1.29 is 46.1 Å². The van der Waals surface area contributed by atoms with E-state index in [1.54, 1.807) is 48.5 Å². The van der Waals surface area contributed by atoms with E-state index in [1.165, 1.54) is 0 Å². The van der Waals surface area contributed by atoms with Crippen LogP contribution in [-0.4, -0.2) is 77.2 Å². The third-order valence-electron chi connectivity index (χ3n) is 17.5. The minimum absolute atomic E-state index is 0.0452. The smallest absolute Gasteiger partial charge is 0.241 e. The maximum atomic E-state index is 13.8. The molecule has 0 unspecified atom stereocenters. The van der Waals surface area contributed by atoms with Crippen LogP contribution in [0.25, 0.3) is 0 Å². The molecule has 0 saturated carbocycles. The molecular weight excluding hydrogens is 1220 g/mol. The Morgan fingerprint density at radius 1 is 0.426 bits per heavy atom. The van der Waals surface area contributed by atoms with Crippen molar-refractivity contribution in [3.63, 3.8) is 0 Å². The minimum Gasteiger partial charge on any atom is -0.507 e. The second-order valence-corrected chi connectivity index (χ2v) is 34.6. The van der Waals surface area contributed by atoms with Crippen LogP contribution in [0.3, 0.4) is 0 Å². The number of unbranched alkanes of at least 4 members (excludes halogenated alkanes) is 2. The van der Waals surface area contributed by atoms with Crippen molar-refractivity contribution in [1.82, 2.24) is 20.1 Å². The molecule has 2 atom stereocenters. The molecule has 0 radical (unpaired) electrons. The number of amides is 2. The van der Waals surface area contributed by atoms with Crippen molar-refractivity contribution in [3.05, 3.63) is 175 Å². The molecule has 16 heteroatoms. The van der Waals surface area contributed by atoms with Crippen LogP contribution in [-0.2, 0) is 77.0 Å². The van der Waals surface area contributed by atoms with Gasteiger partial charge in [0.05, 0.1) is 23.0 Å². The summed E-state index contributed by atoms with van der Waals surface area (Å²) in [5, 5.41) is 31.8. The van der Waals surface area contributed by atoms with Crippen molar-refractivity contribution in [2.75, 3.05) is 26.3 Å². The fourth-order valence-electron chi connectivity index (χ4n) is 11.8. The summed E-state index contributed by atoms with van der Waals surface area (Å²) in [4.78, 5) is 27.7. The molecular formula is C78H108N4O10S2. The molecule has 94 heavy (non-hydrogen) atoms. The van der Waals surface area contributed by atoms with E-state index in [-0.39, 0.29) is 66.6 Å². The number of carbonyl (C=O) groups excluding carboxylic acids is 2. The van der Waals surface area contributed by atoms with Crippen LogP contribution in [0.4, 0.5) is 0 Å². The summed E-state index contributed by atoms with van der Waals surface area (Å²) < 4.78 is 73.3. The molecule has 0 fully saturated rings. The minimum atomic E-state index is -3.96. The Bertz CT molecular complexity index is 3520. The molecule has 6 N–H and O–H groups in total. The van der Waals surface area contributed by atoms with Gasteiger partial charge in [0.15, 0.2) is 0 Å². The summed E-state index contributed by atoms with van der Waals surface area (Å²) in [6.07, 6.45) is 4.16. The molecule has 2 amide bonds. The van der Waals surface area contributed by atoms with Crippen molar-refractivity contribution in [2.24, 2.45) is 11.8 Å². The number of hydrogen-bond donors (Lipinski definition) is 6. The number of ether oxygens (including phenoxy) is 2. The second kappa shape index (κ2) is 30.6. The highest BCUT2D eigenvalue weighted by molar-refractivity contribution is 7.89. The Kier molecular flexibility index (Phi) is 24.3. The lowest BCUT2D eigenvalue weighted by molar-refractivity contribution is -0.123. The number of aryl methyl sites for hydroxylation is 2. The van der Waals surface area contributed by atoms with Crippen molar-refractivity contribution in [1.29, 1.82) is 0 Å². The van der Waals surface area contributed by atoms with E-state index in [0.717, 1.165) is 77.9 Å². The van der Waals surface area contributed by atoms with E-state index < -0.39 is 32.1 Å². The first-order valence-corrected chi connectivity index (χ1v) is 36.7. The van der Waals surface area contributed by atoms with Crippen molar-refractivity contribution in [2.45, 2.75) is 232 Å². The van der Waals surface area contributed by atoms with Crippen LogP contribution in [0.15, 0.2) is 107 Å². The highest BCUT2D eigenvalue weighted by Crippen LogP contribution is 2.44. The Morgan fingerprint density at radius 2 is 0.681 bits per heavy atom. The molecule has 0 saturated heterocycles. The lowest BCUT2D eigenvalue weighted by Gasteiger charge is -2.28. The molecule has 6 aromatic rings. The molecule has 7 rings (SSSR count). The number of phenols is 2. The average molecular weight is 1330 g/mol. The van der Waals surface area contributed by atoms with Crippen LogP contribution >= 0.6 is 0 Å². The largest absolute Gasteiger partial charge is 0.507 e. The van der Waals surface area contributed by atoms with Gasteiger partial charge in [-0.15, -0.1) is 0 Å². The number of phenolic OH excluding ortho intramolecular Hbond substituents is 2. The third kappa shape index (κ3) is 20.2.